The molecule has 1 aromatic heterocycles. The fraction of sp³-hybridized carbons (Fsp3) is 0.621. The zero-order valence-electron chi connectivity index (χ0n) is 19.8. The second kappa shape index (κ2) is 11.9. The van der Waals surface area contributed by atoms with Crippen LogP contribution in [0.5, 0.6) is 0 Å². The summed E-state index contributed by atoms with van der Waals surface area (Å²) in [6, 6.07) is 10.9. The number of aryl methyl sites for hydroxylation is 1. The number of halogens is 1. The van der Waals surface area contributed by atoms with Crippen molar-refractivity contribution in [1.29, 1.82) is 0 Å². The van der Waals surface area contributed by atoms with E-state index in [-0.39, 0.29) is 5.82 Å². The molecule has 1 heterocycles. The molecule has 2 aliphatic rings. The molecule has 0 amide bonds. The second-order valence-electron chi connectivity index (χ2n) is 10.3. The molecule has 2 saturated carbocycles. The maximum Gasteiger partial charge on any atom is 0.123 e. The van der Waals surface area contributed by atoms with Crippen LogP contribution in [-0.4, -0.2) is 18.7 Å². The maximum atomic E-state index is 13.1. The summed E-state index contributed by atoms with van der Waals surface area (Å²) in [5.74, 6) is 3.63. The van der Waals surface area contributed by atoms with Gasteiger partial charge in [-0.25, -0.2) is 4.39 Å². The Morgan fingerprint density at radius 3 is 2.00 bits per heavy atom. The second-order valence-corrected chi connectivity index (χ2v) is 10.3. The molecule has 0 bridgehead atoms. The number of rotatable bonds is 9. The quantitative estimate of drug-likeness (QED) is 0.372. The van der Waals surface area contributed by atoms with Gasteiger partial charge in [-0.2, -0.15) is 0 Å². The van der Waals surface area contributed by atoms with Crippen LogP contribution >= 0.6 is 0 Å². The van der Waals surface area contributed by atoms with Crippen molar-refractivity contribution in [2.75, 3.05) is 13.7 Å². The molecule has 0 atom stereocenters. The van der Waals surface area contributed by atoms with Crippen molar-refractivity contribution in [2.45, 2.75) is 77.0 Å². The first kappa shape index (κ1) is 23.4. The number of hydrogen-bond acceptors (Lipinski definition) is 2. The molecule has 32 heavy (non-hydrogen) atoms. The lowest BCUT2D eigenvalue weighted by molar-refractivity contribution is 0.133. The molecular weight excluding hydrogens is 397 g/mol. The van der Waals surface area contributed by atoms with E-state index in [4.69, 9.17) is 4.74 Å². The first-order valence-corrected chi connectivity index (χ1v) is 12.9. The van der Waals surface area contributed by atoms with Crippen LogP contribution in [0.1, 0.15) is 76.2 Å². The predicted molar refractivity (Wildman–Crippen MR) is 130 cm³/mol. The van der Waals surface area contributed by atoms with Gasteiger partial charge in [0.05, 0.1) is 5.69 Å². The molecule has 174 valence electrons. The number of benzene rings is 1. The van der Waals surface area contributed by atoms with Crippen LogP contribution in [0, 0.1) is 29.5 Å². The van der Waals surface area contributed by atoms with Crippen LogP contribution in [0.3, 0.4) is 0 Å². The summed E-state index contributed by atoms with van der Waals surface area (Å²) >= 11 is 0. The maximum absolute atomic E-state index is 13.1. The van der Waals surface area contributed by atoms with Crippen LogP contribution in [0.15, 0.2) is 42.6 Å². The average Bonchev–Trinajstić information content (AvgIpc) is 2.85. The number of ether oxygens (including phenoxy) is 1. The highest BCUT2D eigenvalue weighted by atomic mass is 19.1. The van der Waals surface area contributed by atoms with E-state index in [1.54, 1.807) is 12.1 Å². The van der Waals surface area contributed by atoms with E-state index in [0.717, 1.165) is 48.0 Å². The lowest BCUT2D eigenvalue weighted by Crippen LogP contribution is -2.26. The van der Waals surface area contributed by atoms with Crippen molar-refractivity contribution in [3.63, 3.8) is 0 Å². The van der Waals surface area contributed by atoms with E-state index < -0.39 is 0 Å². The number of aromatic nitrogens is 1. The lowest BCUT2D eigenvalue weighted by atomic mass is 9.68. The largest absolute Gasteiger partial charge is 0.385 e. The Hall–Kier alpha value is -1.74. The van der Waals surface area contributed by atoms with E-state index >= 15 is 0 Å². The summed E-state index contributed by atoms with van der Waals surface area (Å²) in [7, 11) is 1.82. The van der Waals surface area contributed by atoms with Gasteiger partial charge in [0, 0.05) is 25.5 Å². The monoisotopic (exact) mass is 437 g/mol. The van der Waals surface area contributed by atoms with Crippen molar-refractivity contribution in [1.82, 2.24) is 4.98 Å². The molecular formula is C29H40FNO. The Morgan fingerprint density at radius 1 is 0.812 bits per heavy atom. The average molecular weight is 438 g/mol. The summed E-state index contributed by atoms with van der Waals surface area (Å²) in [5.41, 5.74) is 3.22. The van der Waals surface area contributed by atoms with Gasteiger partial charge in [-0.05, 0) is 111 Å². The minimum Gasteiger partial charge on any atom is -0.385 e. The van der Waals surface area contributed by atoms with E-state index in [1.165, 1.54) is 88.3 Å². The summed E-state index contributed by atoms with van der Waals surface area (Å²) in [6.07, 6.45) is 18.6. The van der Waals surface area contributed by atoms with Gasteiger partial charge in [0.25, 0.3) is 0 Å². The zero-order chi connectivity index (χ0) is 22.2. The first-order valence-electron chi connectivity index (χ1n) is 12.9. The third-order valence-electron chi connectivity index (χ3n) is 8.22. The number of nitrogens with zero attached hydrogens (tertiary/aromatic N) is 1. The van der Waals surface area contributed by atoms with Gasteiger partial charge >= 0.3 is 0 Å². The number of pyridine rings is 1. The molecule has 2 fully saturated rings. The Balaban J connectivity index is 1.15. The van der Waals surface area contributed by atoms with Gasteiger partial charge in [-0.1, -0.05) is 31.7 Å². The molecule has 0 aliphatic heterocycles. The summed E-state index contributed by atoms with van der Waals surface area (Å²) in [5, 5.41) is 0. The highest BCUT2D eigenvalue weighted by Gasteiger charge is 2.30. The molecule has 0 spiro atoms. The van der Waals surface area contributed by atoms with E-state index in [1.807, 2.05) is 13.3 Å². The third kappa shape index (κ3) is 6.63. The third-order valence-corrected chi connectivity index (χ3v) is 8.22. The van der Waals surface area contributed by atoms with Crippen molar-refractivity contribution in [3.05, 3.63) is 54.0 Å². The SMILES string of the molecule is COCCC[C@H]1CC[C@H](C2CCC(CCc3ccc(-c4ccc(F)cc4)nc3)CC2)CC1. The van der Waals surface area contributed by atoms with Gasteiger partial charge in [0.15, 0.2) is 0 Å². The fourth-order valence-electron chi connectivity index (χ4n) is 6.15. The van der Waals surface area contributed by atoms with Crippen molar-refractivity contribution < 1.29 is 9.13 Å². The topological polar surface area (TPSA) is 22.1 Å². The Kier molecular flexibility index (Phi) is 8.73. The molecule has 0 N–H and O–H groups in total. The van der Waals surface area contributed by atoms with Gasteiger partial charge in [0.1, 0.15) is 5.82 Å². The molecule has 0 unspecified atom stereocenters. The molecule has 3 heteroatoms. The predicted octanol–water partition coefficient (Wildman–Crippen LogP) is 7.86. The number of methoxy groups -OCH3 is 1. The molecule has 4 rings (SSSR count). The zero-order valence-corrected chi connectivity index (χ0v) is 19.8. The normalized spacial score (nSPS) is 26.2. The molecule has 0 radical (unpaired) electrons. The van der Waals surface area contributed by atoms with E-state index in [2.05, 4.69) is 17.1 Å². The van der Waals surface area contributed by atoms with Crippen LogP contribution in [-0.2, 0) is 11.2 Å². The Morgan fingerprint density at radius 2 is 1.44 bits per heavy atom. The first-order chi connectivity index (χ1) is 15.7. The number of hydrogen-bond donors (Lipinski definition) is 0. The Labute approximate surface area is 194 Å². The Bertz CT molecular complexity index is 787. The van der Waals surface area contributed by atoms with E-state index in [9.17, 15) is 4.39 Å². The molecule has 2 aromatic rings. The minimum atomic E-state index is -0.203. The lowest BCUT2D eigenvalue weighted by Gasteiger charge is -2.38. The van der Waals surface area contributed by atoms with Gasteiger partial charge in [-0.3, -0.25) is 4.98 Å². The van der Waals surface area contributed by atoms with Crippen LogP contribution in [0.2, 0.25) is 0 Å². The van der Waals surface area contributed by atoms with Crippen LogP contribution < -0.4 is 0 Å². The van der Waals surface area contributed by atoms with Crippen LogP contribution in [0.4, 0.5) is 4.39 Å². The minimum absolute atomic E-state index is 0.203. The molecule has 1 aromatic carbocycles. The smallest absolute Gasteiger partial charge is 0.123 e. The summed E-state index contributed by atoms with van der Waals surface area (Å²) in [4.78, 5) is 4.62. The van der Waals surface area contributed by atoms with Gasteiger partial charge in [0.2, 0.25) is 0 Å². The van der Waals surface area contributed by atoms with Crippen LogP contribution in [0.25, 0.3) is 11.3 Å². The fourth-order valence-corrected chi connectivity index (χ4v) is 6.15. The standard InChI is InChI=1S/C29H40FNO/c1-32-20-2-3-22-6-11-25(12-7-22)26-13-8-23(9-14-26)4-5-24-10-19-29(31-21-24)27-15-17-28(30)18-16-27/h10,15-19,21-23,25-26H,2-9,11-14,20H2,1H3/t22-,23?,25-,26?. The van der Waals surface area contributed by atoms with E-state index in [0.29, 0.717) is 0 Å². The summed E-state index contributed by atoms with van der Waals surface area (Å²) < 4.78 is 18.3. The van der Waals surface area contributed by atoms with Crippen molar-refractivity contribution in [3.8, 4) is 11.3 Å². The molecule has 0 saturated heterocycles. The molecule has 2 nitrogen and oxygen atoms in total. The van der Waals surface area contributed by atoms with Crippen molar-refractivity contribution >= 4 is 0 Å². The van der Waals surface area contributed by atoms with Gasteiger partial charge < -0.3 is 4.74 Å². The van der Waals surface area contributed by atoms with Gasteiger partial charge in [-0.15, -0.1) is 0 Å². The molecule has 2 aliphatic carbocycles. The van der Waals surface area contributed by atoms with Crippen molar-refractivity contribution in [2.24, 2.45) is 23.7 Å². The highest BCUT2D eigenvalue weighted by Crippen LogP contribution is 2.43. The summed E-state index contributed by atoms with van der Waals surface area (Å²) in [6.45, 7) is 0.929. The highest BCUT2D eigenvalue weighted by molar-refractivity contribution is 5.58.